The monoisotopic (exact) mass is 376 g/mol. The van der Waals surface area contributed by atoms with E-state index in [0.29, 0.717) is 0 Å². The van der Waals surface area contributed by atoms with Crippen LogP contribution in [0.4, 0.5) is 0 Å². The second kappa shape index (κ2) is 7.21. The van der Waals surface area contributed by atoms with Gasteiger partial charge in [0.15, 0.2) is 5.82 Å². The summed E-state index contributed by atoms with van der Waals surface area (Å²) < 4.78 is 3.12. The zero-order valence-corrected chi connectivity index (χ0v) is 18.7. The molecule has 0 radical (unpaired) electrons. The highest BCUT2D eigenvalue weighted by atomic mass is 15.3. The van der Waals surface area contributed by atoms with Gasteiger partial charge in [0.25, 0.3) is 0 Å². The number of imidazole rings is 1. The van der Waals surface area contributed by atoms with E-state index in [9.17, 15) is 0 Å². The van der Waals surface area contributed by atoms with E-state index in [4.69, 9.17) is 4.98 Å². The summed E-state index contributed by atoms with van der Waals surface area (Å²) in [6.07, 6.45) is 0. The lowest BCUT2D eigenvalue weighted by Crippen LogP contribution is -2.34. The van der Waals surface area contributed by atoms with Crippen LogP contribution >= 0.6 is 0 Å². The highest BCUT2D eigenvalue weighted by Gasteiger charge is 2.22. The fourth-order valence-corrected chi connectivity index (χ4v) is 3.56. The van der Waals surface area contributed by atoms with E-state index in [1.165, 1.54) is 27.9 Å². The van der Waals surface area contributed by atoms with E-state index in [0.717, 1.165) is 22.5 Å². The molecule has 0 saturated carbocycles. The Labute approximate surface area is 170 Å². The van der Waals surface area contributed by atoms with Gasteiger partial charge in [-0.1, -0.05) is 68.8 Å². The molecule has 2 aromatic carbocycles. The molecule has 3 heteroatoms. The van der Waals surface area contributed by atoms with E-state index >= 15 is 0 Å². The number of quaternary nitrogens is 1. The summed E-state index contributed by atoms with van der Waals surface area (Å²) in [4.78, 5) is 5.11. The first-order chi connectivity index (χ1) is 13.0. The van der Waals surface area contributed by atoms with E-state index in [-0.39, 0.29) is 5.41 Å². The summed E-state index contributed by atoms with van der Waals surface area (Å²) in [7, 11) is 8.76. The topological polar surface area (TPSA) is 17.8 Å². The molecule has 0 spiro atoms. The molecule has 0 unspecified atom stereocenters. The standard InChI is InChI=1S/C25H34N3/c1-18-10-9-11-20(16-18)24-23(26-22(27(24)5)17-28(6,7)8)19-12-14-21(15-13-19)25(2,3)4/h9-16H,17H2,1-8H3/q+1. The Morgan fingerprint density at radius 2 is 1.57 bits per heavy atom. The van der Waals surface area contributed by atoms with Crippen molar-refractivity contribution in [2.75, 3.05) is 21.1 Å². The minimum absolute atomic E-state index is 0.150. The van der Waals surface area contributed by atoms with Gasteiger partial charge in [-0.15, -0.1) is 0 Å². The van der Waals surface area contributed by atoms with Crippen molar-refractivity contribution in [2.45, 2.75) is 39.7 Å². The molecule has 0 N–H and O–H groups in total. The molecule has 28 heavy (non-hydrogen) atoms. The molecule has 1 aromatic heterocycles. The third kappa shape index (κ3) is 4.36. The highest BCUT2D eigenvalue weighted by molar-refractivity contribution is 5.79. The Morgan fingerprint density at radius 3 is 2.11 bits per heavy atom. The van der Waals surface area contributed by atoms with E-state index in [2.05, 4.69) is 109 Å². The van der Waals surface area contributed by atoms with Gasteiger partial charge in [0, 0.05) is 18.2 Å². The fraction of sp³-hybridized carbons (Fsp3) is 0.400. The smallest absolute Gasteiger partial charge is 0.165 e. The largest absolute Gasteiger partial charge is 0.326 e. The molecule has 1 heterocycles. The Kier molecular flexibility index (Phi) is 5.24. The predicted octanol–water partition coefficient (Wildman–Crippen LogP) is 5.57. The number of aromatic nitrogens is 2. The third-order valence-corrected chi connectivity index (χ3v) is 5.12. The van der Waals surface area contributed by atoms with Crippen molar-refractivity contribution in [1.29, 1.82) is 0 Å². The van der Waals surface area contributed by atoms with Crippen molar-refractivity contribution in [1.82, 2.24) is 9.55 Å². The van der Waals surface area contributed by atoms with Crippen LogP contribution in [0.2, 0.25) is 0 Å². The first-order valence-electron chi connectivity index (χ1n) is 10.00. The van der Waals surface area contributed by atoms with Gasteiger partial charge >= 0.3 is 0 Å². The molecule has 0 saturated heterocycles. The van der Waals surface area contributed by atoms with Crippen molar-refractivity contribution in [3.8, 4) is 22.5 Å². The number of nitrogens with zero attached hydrogens (tertiary/aromatic N) is 3. The summed E-state index contributed by atoms with van der Waals surface area (Å²) in [6.45, 7) is 9.78. The zero-order chi connectivity index (χ0) is 20.7. The number of hydrogen-bond donors (Lipinski definition) is 0. The average Bonchev–Trinajstić information content (AvgIpc) is 2.89. The van der Waals surface area contributed by atoms with Crippen LogP contribution in [0, 0.1) is 6.92 Å². The van der Waals surface area contributed by atoms with E-state index in [1.54, 1.807) is 0 Å². The molecule has 0 aliphatic carbocycles. The fourth-order valence-electron chi connectivity index (χ4n) is 3.56. The Morgan fingerprint density at radius 1 is 0.929 bits per heavy atom. The van der Waals surface area contributed by atoms with Crippen molar-refractivity contribution < 1.29 is 4.48 Å². The molecule has 0 bridgehead atoms. The minimum Gasteiger partial charge on any atom is -0.326 e. The molecule has 3 aromatic rings. The normalized spacial score (nSPS) is 12.4. The number of benzene rings is 2. The van der Waals surface area contributed by atoms with Gasteiger partial charge in [0.1, 0.15) is 6.54 Å². The molecule has 0 atom stereocenters. The molecule has 3 rings (SSSR count). The molecular weight excluding hydrogens is 342 g/mol. The second-order valence-corrected chi connectivity index (χ2v) is 9.93. The molecular formula is C25H34N3+. The predicted molar refractivity (Wildman–Crippen MR) is 119 cm³/mol. The maximum absolute atomic E-state index is 5.11. The quantitative estimate of drug-likeness (QED) is 0.545. The number of rotatable bonds is 4. The molecule has 0 aliphatic rings. The average molecular weight is 377 g/mol. The van der Waals surface area contributed by atoms with Crippen LogP contribution in [0.5, 0.6) is 0 Å². The third-order valence-electron chi connectivity index (χ3n) is 5.12. The summed E-state index contributed by atoms with van der Waals surface area (Å²) in [5, 5.41) is 0. The van der Waals surface area contributed by atoms with Crippen LogP contribution in [-0.2, 0) is 19.0 Å². The van der Waals surface area contributed by atoms with Gasteiger partial charge in [0.05, 0.1) is 32.5 Å². The van der Waals surface area contributed by atoms with Gasteiger partial charge in [-0.25, -0.2) is 4.98 Å². The first kappa shape index (κ1) is 20.3. The van der Waals surface area contributed by atoms with E-state index < -0.39 is 0 Å². The highest BCUT2D eigenvalue weighted by Crippen LogP contribution is 2.34. The maximum Gasteiger partial charge on any atom is 0.165 e. The summed E-state index contributed by atoms with van der Waals surface area (Å²) >= 11 is 0. The van der Waals surface area contributed by atoms with Crippen molar-refractivity contribution in [3.63, 3.8) is 0 Å². The lowest BCUT2D eigenvalue weighted by atomic mass is 9.86. The Bertz CT molecular complexity index is 965. The SMILES string of the molecule is Cc1cccc(-c2c(-c3ccc(C(C)(C)C)cc3)nc(C[N+](C)(C)C)n2C)c1. The maximum atomic E-state index is 5.11. The molecule has 148 valence electrons. The minimum atomic E-state index is 0.150. The second-order valence-electron chi connectivity index (χ2n) is 9.93. The number of aryl methyl sites for hydroxylation is 1. The lowest BCUT2D eigenvalue weighted by Gasteiger charge is -2.23. The molecule has 0 amide bonds. The van der Waals surface area contributed by atoms with Crippen LogP contribution in [-0.4, -0.2) is 35.2 Å². The first-order valence-corrected chi connectivity index (χ1v) is 10.00. The zero-order valence-electron chi connectivity index (χ0n) is 18.7. The lowest BCUT2D eigenvalue weighted by molar-refractivity contribution is -0.884. The van der Waals surface area contributed by atoms with Gasteiger partial charge in [-0.2, -0.15) is 0 Å². The van der Waals surface area contributed by atoms with E-state index in [1.807, 2.05) is 0 Å². The van der Waals surface area contributed by atoms with Gasteiger partial charge in [-0.3, -0.25) is 0 Å². The van der Waals surface area contributed by atoms with Crippen LogP contribution < -0.4 is 0 Å². The number of hydrogen-bond acceptors (Lipinski definition) is 1. The van der Waals surface area contributed by atoms with Crippen LogP contribution in [0.15, 0.2) is 48.5 Å². The summed E-state index contributed by atoms with van der Waals surface area (Å²) in [6, 6.07) is 17.6. The molecule has 3 nitrogen and oxygen atoms in total. The van der Waals surface area contributed by atoms with Gasteiger partial charge in [0.2, 0.25) is 0 Å². The Hall–Kier alpha value is -2.39. The van der Waals surface area contributed by atoms with Crippen LogP contribution in [0.25, 0.3) is 22.5 Å². The van der Waals surface area contributed by atoms with Crippen LogP contribution in [0.1, 0.15) is 37.7 Å². The molecule has 0 aliphatic heterocycles. The summed E-state index contributed by atoms with van der Waals surface area (Å²) in [5.41, 5.74) is 7.41. The van der Waals surface area contributed by atoms with Crippen molar-refractivity contribution in [2.24, 2.45) is 7.05 Å². The van der Waals surface area contributed by atoms with Gasteiger partial charge in [-0.05, 0) is 24.0 Å². The van der Waals surface area contributed by atoms with Crippen LogP contribution in [0.3, 0.4) is 0 Å². The van der Waals surface area contributed by atoms with Gasteiger partial charge < -0.3 is 9.05 Å². The van der Waals surface area contributed by atoms with Crippen molar-refractivity contribution in [3.05, 3.63) is 65.5 Å². The van der Waals surface area contributed by atoms with Crippen molar-refractivity contribution >= 4 is 0 Å². The summed E-state index contributed by atoms with van der Waals surface area (Å²) in [5.74, 6) is 1.11. The molecule has 0 fully saturated rings. The Balaban J connectivity index is 2.17.